The van der Waals surface area contributed by atoms with Crippen LogP contribution in [0.5, 0.6) is 5.75 Å². The molecule has 0 saturated carbocycles. The molecule has 53 valence electrons. The van der Waals surface area contributed by atoms with Crippen molar-refractivity contribution in [2.45, 2.75) is 0 Å². The Morgan fingerprint density at radius 2 is 1.56 bits per heavy atom. The predicted octanol–water partition coefficient (Wildman–Crippen LogP) is 2.08. The number of phenols is 1. The fourth-order valence-corrected chi connectivity index (χ4v) is 0.428. The van der Waals surface area contributed by atoms with Gasteiger partial charge in [-0.1, -0.05) is 18.2 Å². The van der Waals surface area contributed by atoms with E-state index < -0.39 is 0 Å². The van der Waals surface area contributed by atoms with Crippen LogP contribution in [0.25, 0.3) is 0 Å². The Morgan fingerprint density at radius 1 is 1.11 bits per heavy atom. The van der Waals surface area contributed by atoms with Gasteiger partial charge in [0.15, 0.2) is 0 Å². The van der Waals surface area contributed by atoms with Gasteiger partial charge in [-0.15, -0.1) is 0 Å². The second kappa shape index (κ2) is 5.93. The molecule has 0 radical (unpaired) electrons. The number of aromatic hydroxyl groups is 1. The summed E-state index contributed by atoms with van der Waals surface area (Å²) in [6, 6.07) is 8.71. The summed E-state index contributed by atoms with van der Waals surface area (Å²) in [5.41, 5.74) is 0. The number of hydrogen-bond acceptors (Lipinski definition) is 1. The predicted molar refractivity (Wildman–Crippen MR) is 34.0 cm³/mol. The van der Waals surface area contributed by atoms with Crippen molar-refractivity contribution in [1.82, 2.24) is 0 Å². The van der Waals surface area contributed by atoms with Crippen molar-refractivity contribution in [3.63, 3.8) is 0 Å². The third-order valence-corrected chi connectivity index (χ3v) is 0.756. The fourth-order valence-electron chi connectivity index (χ4n) is 0.428. The summed E-state index contributed by atoms with van der Waals surface area (Å²) in [7, 11) is 4.26. The molecular formula is C6H6ClNiO. The Bertz CT molecular complexity index is 143. The number of halogens is 1. The maximum absolute atomic E-state index is 8.63. The molecule has 0 aliphatic heterocycles. The van der Waals surface area contributed by atoms with Gasteiger partial charge in [-0.3, -0.25) is 0 Å². The van der Waals surface area contributed by atoms with Gasteiger partial charge in [-0.05, 0) is 12.1 Å². The van der Waals surface area contributed by atoms with E-state index in [9.17, 15) is 0 Å². The summed E-state index contributed by atoms with van der Waals surface area (Å²) >= 11 is 3.35. The van der Waals surface area contributed by atoms with Gasteiger partial charge in [-0.2, -0.15) is 0 Å². The van der Waals surface area contributed by atoms with Crippen molar-refractivity contribution in [1.29, 1.82) is 0 Å². The van der Waals surface area contributed by atoms with E-state index in [0.29, 0.717) is 5.75 Å². The topological polar surface area (TPSA) is 20.2 Å². The average molecular weight is 188 g/mol. The number of benzene rings is 1. The summed E-state index contributed by atoms with van der Waals surface area (Å²) in [5.74, 6) is 0.322. The third kappa shape index (κ3) is 4.32. The Hall–Kier alpha value is -0.196. The van der Waals surface area contributed by atoms with Crippen LogP contribution in [0, 0.1) is 0 Å². The second-order valence-electron chi connectivity index (χ2n) is 1.34. The minimum absolute atomic E-state index is 0.322. The van der Waals surface area contributed by atoms with Crippen molar-refractivity contribution in [3.8, 4) is 5.75 Å². The molecule has 0 heterocycles. The summed E-state index contributed by atoms with van der Waals surface area (Å²) in [6.45, 7) is 0. The van der Waals surface area contributed by atoms with Crippen LogP contribution in [0.15, 0.2) is 30.3 Å². The molecule has 1 N–H and O–H groups in total. The van der Waals surface area contributed by atoms with Gasteiger partial charge < -0.3 is 5.11 Å². The molecule has 1 rings (SSSR count). The molecule has 1 aromatic rings. The second-order valence-corrected chi connectivity index (χ2v) is 1.34. The summed E-state index contributed by atoms with van der Waals surface area (Å²) in [5, 5.41) is 8.63. The Kier molecular flexibility index (Phi) is 5.80. The maximum atomic E-state index is 8.63. The van der Waals surface area contributed by atoms with Crippen molar-refractivity contribution in [2.24, 2.45) is 0 Å². The first-order valence-corrected chi connectivity index (χ1v) is 3.61. The van der Waals surface area contributed by atoms with E-state index in [4.69, 9.17) is 5.11 Å². The van der Waals surface area contributed by atoms with Crippen molar-refractivity contribution in [2.75, 3.05) is 0 Å². The SMILES string of the molecule is Oc1ccccc1.[Cl][Ni]. The van der Waals surface area contributed by atoms with E-state index in [-0.39, 0.29) is 0 Å². The van der Waals surface area contributed by atoms with Gasteiger partial charge in [0, 0.05) is 0 Å². The number of hydrogen-bond donors (Lipinski definition) is 1. The Balaban J connectivity index is 0.000000291. The third-order valence-electron chi connectivity index (χ3n) is 0.756. The zero-order valence-electron chi connectivity index (χ0n) is 4.53. The summed E-state index contributed by atoms with van der Waals surface area (Å²) in [6.07, 6.45) is 0. The first-order valence-electron chi connectivity index (χ1n) is 2.25. The number of para-hydroxylation sites is 1. The van der Waals surface area contributed by atoms with Gasteiger partial charge in [0.2, 0.25) is 0 Å². The van der Waals surface area contributed by atoms with Crippen molar-refractivity contribution in [3.05, 3.63) is 30.3 Å². The van der Waals surface area contributed by atoms with Gasteiger partial charge in [0.25, 0.3) is 0 Å². The Morgan fingerprint density at radius 3 is 1.78 bits per heavy atom. The monoisotopic (exact) mass is 187 g/mol. The van der Waals surface area contributed by atoms with Gasteiger partial charge in [0.1, 0.15) is 5.75 Å². The molecule has 0 aliphatic carbocycles. The van der Waals surface area contributed by atoms with Crippen LogP contribution in [0.3, 0.4) is 0 Å². The quantitative estimate of drug-likeness (QED) is 0.618. The van der Waals surface area contributed by atoms with Crippen LogP contribution in [-0.4, -0.2) is 5.11 Å². The molecule has 0 aromatic heterocycles. The van der Waals surface area contributed by atoms with Gasteiger partial charge in [-0.25, -0.2) is 0 Å². The van der Waals surface area contributed by atoms with Crippen LogP contribution in [0.1, 0.15) is 0 Å². The average Bonchev–Trinajstić information content (AvgIpc) is 1.94. The molecule has 0 unspecified atom stereocenters. The van der Waals surface area contributed by atoms with Crippen LogP contribution in [0.4, 0.5) is 0 Å². The zero-order valence-corrected chi connectivity index (χ0v) is 6.27. The molecule has 0 bridgehead atoms. The molecule has 0 fully saturated rings. The first-order chi connectivity index (χ1) is 4.39. The first kappa shape index (κ1) is 8.80. The molecule has 0 amide bonds. The van der Waals surface area contributed by atoms with E-state index in [0.717, 1.165) is 0 Å². The van der Waals surface area contributed by atoms with Gasteiger partial charge >= 0.3 is 24.8 Å². The zero-order chi connectivity index (χ0) is 7.11. The van der Waals surface area contributed by atoms with E-state index in [1.165, 1.54) is 0 Å². The number of rotatable bonds is 0. The summed E-state index contributed by atoms with van der Waals surface area (Å²) in [4.78, 5) is 0. The molecule has 0 saturated heterocycles. The van der Waals surface area contributed by atoms with E-state index >= 15 is 0 Å². The van der Waals surface area contributed by atoms with Crippen LogP contribution < -0.4 is 0 Å². The van der Waals surface area contributed by atoms with E-state index in [1.807, 2.05) is 6.07 Å². The normalized spacial score (nSPS) is 7.44. The standard InChI is InChI=1S/C6H6O.ClH.Ni/c7-6-4-2-1-3-5-6;;/h1-5,7H;1H;/q;;+1/p-1. The van der Waals surface area contributed by atoms with Crippen LogP contribution in [0.2, 0.25) is 0 Å². The molecule has 0 spiro atoms. The summed E-state index contributed by atoms with van der Waals surface area (Å²) < 4.78 is 0. The molecule has 0 atom stereocenters. The van der Waals surface area contributed by atoms with Crippen molar-refractivity contribution < 1.29 is 19.7 Å². The fraction of sp³-hybridized carbons (Fsp3) is 0. The van der Waals surface area contributed by atoms with Crippen LogP contribution in [-0.2, 0) is 14.6 Å². The molecule has 9 heavy (non-hydrogen) atoms. The molecule has 1 aromatic carbocycles. The molecule has 1 nitrogen and oxygen atoms in total. The van der Waals surface area contributed by atoms with Crippen LogP contribution >= 0.6 is 10.2 Å². The van der Waals surface area contributed by atoms with E-state index in [2.05, 4.69) is 24.8 Å². The molecule has 3 heteroatoms. The molecule has 0 aliphatic rings. The minimum atomic E-state index is 0.322. The Labute approximate surface area is 66.3 Å². The molecular weight excluding hydrogens is 182 g/mol. The van der Waals surface area contributed by atoms with E-state index in [1.54, 1.807) is 24.3 Å². The van der Waals surface area contributed by atoms with Gasteiger partial charge in [0.05, 0.1) is 0 Å². The number of phenolic OH excluding ortho intramolecular Hbond substituents is 1. The van der Waals surface area contributed by atoms with Crippen molar-refractivity contribution >= 4 is 10.2 Å².